The van der Waals surface area contributed by atoms with Gasteiger partial charge in [0.15, 0.2) is 11.1 Å². The highest BCUT2D eigenvalue weighted by Crippen LogP contribution is 2.45. The number of rotatable bonds is 7. The molecular weight excluding hydrogens is 681 g/mol. The number of ether oxygens (including phenoxy) is 1. The van der Waals surface area contributed by atoms with Crippen molar-refractivity contribution in [1.82, 2.24) is 28.7 Å². The van der Waals surface area contributed by atoms with Crippen LogP contribution in [-0.4, -0.2) is 87.2 Å². The van der Waals surface area contributed by atoms with Crippen molar-refractivity contribution in [2.75, 3.05) is 31.1 Å². The zero-order chi connectivity index (χ0) is 33.8. The summed E-state index contributed by atoms with van der Waals surface area (Å²) in [7, 11) is -4.21. The summed E-state index contributed by atoms with van der Waals surface area (Å²) in [6.45, 7) is 1.95. The van der Waals surface area contributed by atoms with Gasteiger partial charge in [-0.05, 0) is 36.2 Å². The Balaban J connectivity index is 1.22. The third-order valence-corrected chi connectivity index (χ3v) is 11.2. The molecular formula is C32H29Cl2N7O6S. The number of hydrogen-bond donors (Lipinski definition) is 0. The molecule has 0 saturated carbocycles. The largest absolute Gasteiger partial charge is 0.452 e. The number of cyclic esters (lactones) is 1. The predicted octanol–water partition coefficient (Wildman–Crippen LogP) is 3.82. The molecule has 0 bridgehead atoms. The Bertz CT molecular complexity index is 2010. The molecule has 248 valence electrons. The Morgan fingerprint density at radius 3 is 2.25 bits per heavy atom. The van der Waals surface area contributed by atoms with Crippen LogP contribution in [0.4, 0.5) is 11.6 Å². The number of aromatic nitrogens is 4. The first-order chi connectivity index (χ1) is 23.0. The topological polar surface area (TPSA) is 148 Å². The van der Waals surface area contributed by atoms with E-state index in [1.54, 1.807) is 31.5 Å². The number of piperazine rings is 1. The van der Waals surface area contributed by atoms with Crippen LogP contribution < -0.4 is 4.90 Å². The highest BCUT2D eigenvalue weighted by atomic mass is 35.5. The number of hydrogen-bond acceptors (Lipinski definition) is 9. The fourth-order valence-electron chi connectivity index (χ4n) is 6.46. The Labute approximate surface area is 286 Å². The molecule has 2 fully saturated rings. The Kier molecular flexibility index (Phi) is 8.22. The van der Waals surface area contributed by atoms with Crippen LogP contribution >= 0.6 is 23.2 Å². The van der Waals surface area contributed by atoms with Crippen LogP contribution in [0.15, 0.2) is 72.4 Å². The summed E-state index contributed by atoms with van der Waals surface area (Å²) in [5.74, 6) is -1.06. The first-order valence-corrected chi connectivity index (χ1v) is 17.4. The SMILES string of the molecule is C[C@@]1(Cc2ccc(-c3cncnc3)cc2)C(=O)N(c2cc(Cl)cc(Cl)c2)c2ncc(S(=O)(=O)N3CCN(C(=O)C4CCC(=O)O4)CC3)n21. The van der Waals surface area contributed by atoms with Crippen molar-refractivity contribution in [3.8, 4) is 11.1 Å². The number of sulfonamides is 1. The van der Waals surface area contributed by atoms with Crippen molar-refractivity contribution >= 4 is 62.6 Å². The first kappa shape index (κ1) is 32.2. The van der Waals surface area contributed by atoms with Crippen LogP contribution in [0.3, 0.4) is 0 Å². The van der Waals surface area contributed by atoms with Gasteiger partial charge in [-0.3, -0.25) is 19.0 Å². The van der Waals surface area contributed by atoms with Crippen LogP contribution in [0.5, 0.6) is 0 Å². The molecule has 13 nitrogen and oxygen atoms in total. The zero-order valence-corrected chi connectivity index (χ0v) is 28.0. The van der Waals surface area contributed by atoms with Crippen LogP contribution in [0.2, 0.25) is 10.0 Å². The summed E-state index contributed by atoms with van der Waals surface area (Å²) in [4.78, 5) is 54.3. The second-order valence-corrected chi connectivity index (χ2v) is 14.8. The lowest BCUT2D eigenvalue weighted by Crippen LogP contribution is -2.53. The molecule has 1 unspecified atom stereocenters. The molecule has 2 saturated heterocycles. The fourth-order valence-corrected chi connectivity index (χ4v) is 8.58. The van der Waals surface area contributed by atoms with Crippen molar-refractivity contribution < 1.29 is 27.5 Å². The summed E-state index contributed by atoms with van der Waals surface area (Å²) in [6, 6.07) is 12.2. The number of esters is 1. The molecule has 7 rings (SSSR count). The van der Waals surface area contributed by atoms with Gasteiger partial charge in [-0.2, -0.15) is 4.31 Å². The van der Waals surface area contributed by atoms with Crippen LogP contribution in [0, 0.1) is 0 Å². The lowest BCUT2D eigenvalue weighted by molar-refractivity contribution is -0.153. The van der Waals surface area contributed by atoms with Gasteiger partial charge in [-0.15, -0.1) is 0 Å². The Hall–Kier alpha value is -4.37. The predicted molar refractivity (Wildman–Crippen MR) is 175 cm³/mol. The molecule has 3 aliphatic heterocycles. The van der Waals surface area contributed by atoms with E-state index in [1.807, 2.05) is 24.3 Å². The number of fused-ring (bicyclic) bond motifs is 1. The fraction of sp³-hybridized carbons (Fsp3) is 0.312. The van der Waals surface area contributed by atoms with Crippen LogP contribution in [0.25, 0.3) is 11.1 Å². The van der Waals surface area contributed by atoms with Gasteiger partial charge in [0.05, 0.1) is 11.9 Å². The van der Waals surface area contributed by atoms with Gasteiger partial charge in [0.2, 0.25) is 5.95 Å². The second-order valence-electron chi connectivity index (χ2n) is 12.0. The van der Waals surface area contributed by atoms with Crippen molar-refractivity contribution in [3.63, 3.8) is 0 Å². The molecule has 4 aromatic rings. The zero-order valence-electron chi connectivity index (χ0n) is 25.6. The van der Waals surface area contributed by atoms with Gasteiger partial charge < -0.3 is 9.64 Å². The Morgan fingerprint density at radius 1 is 0.958 bits per heavy atom. The van der Waals surface area contributed by atoms with E-state index in [0.29, 0.717) is 22.2 Å². The molecule has 2 amide bonds. The van der Waals surface area contributed by atoms with Crippen LogP contribution in [-0.2, 0) is 41.1 Å². The third-order valence-electron chi connectivity index (χ3n) is 8.88. The van der Waals surface area contributed by atoms with Gasteiger partial charge in [0.1, 0.15) is 11.9 Å². The van der Waals surface area contributed by atoms with Gasteiger partial charge >= 0.3 is 5.97 Å². The molecule has 0 N–H and O–H groups in total. The second kappa shape index (κ2) is 12.3. The number of nitrogens with zero attached hydrogens (tertiary/aromatic N) is 7. The van der Waals surface area contributed by atoms with E-state index in [-0.39, 0.29) is 55.9 Å². The number of imidazole rings is 1. The summed E-state index contributed by atoms with van der Waals surface area (Å²) in [5.41, 5.74) is 1.40. The lowest BCUT2D eigenvalue weighted by atomic mass is 9.91. The molecule has 0 aliphatic carbocycles. The number of carbonyl (C=O) groups excluding carboxylic acids is 3. The molecule has 16 heteroatoms. The molecule has 2 aromatic carbocycles. The minimum Gasteiger partial charge on any atom is -0.452 e. The number of anilines is 2. The summed E-state index contributed by atoms with van der Waals surface area (Å²) in [5, 5.41) is 0.432. The minimum absolute atomic E-state index is 0.0121. The van der Waals surface area contributed by atoms with Gasteiger partial charge in [0.25, 0.3) is 21.8 Å². The van der Waals surface area contributed by atoms with Crippen molar-refractivity contribution in [3.05, 3.63) is 83.0 Å². The molecule has 0 radical (unpaired) electrons. The van der Waals surface area contributed by atoms with E-state index in [0.717, 1.165) is 16.7 Å². The maximum absolute atomic E-state index is 14.5. The van der Waals surface area contributed by atoms with E-state index >= 15 is 0 Å². The summed E-state index contributed by atoms with van der Waals surface area (Å²) >= 11 is 12.6. The Morgan fingerprint density at radius 2 is 1.62 bits per heavy atom. The number of carbonyl (C=O) groups is 3. The molecule has 2 atom stereocenters. The van der Waals surface area contributed by atoms with Crippen molar-refractivity contribution in [2.24, 2.45) is 0 Å². The quantitative estimate of drug-likeness (QED) is 0.261. The third kappa shape index (κ3) is 5.62. The van der Waals surface area contributed by atoms with E-state index in [1.165, 1.54) is 37.3 Å². The maximum atomic E-state index is 14.5. The smallest absolute Gasteiger partial charge is 0.306 e. The van der Waals surface area contributed by atoms with Crippen molar-refractivity contribution in [1.29, 1.82) is 0 Å². The first-order valence-electron chi connectivity index (χ1n) is 15.2. The molecule has 3 aliphatic rings. The monoisotopic (exact) mass is 709 g/mol. The number of amides is 2. The summed E-state index contributed by atoms with van der Waals surface area (Å²) < 4.78 is 36.4. The number of halogens is 2. The van der Waals surface area contributed by atoms with E-state index in [9.17, 15) is 22.8 Å². The van der Waals surface area contributed by atoms with E-state index in [2.05, 4.69) is 15.0 Å². The highest BCUT2D eigenvalue weighted by molar-refractivity contribution is 7.89. The molecule has 0 spiro atoms. The van der Waals surface area contributed by atoms with E-state index in [4.69, 9.17) is 27.9 Å². The highest BCUT2D eigenvalue weighted by Gasteiger charge is 2.52. The average molecular weight is 711 g/mol. The van der Waals surface area contributed by atoms with Crippen molar-refractivity contribution in [2.45, 2.75) is 42.9 Å². The van der Waals surface area contributed by atoms with Gasteiger partial charge in [-0.25, -0.2) is 28.3 Å². The molecule has 48 heavy (non-hydrogen) atoms. The van der Waals surface area contributed by atoms with Crippen LogP contribution in [0.1, 0.15) is 25.3 Å². The minimum atomic E-state index is -4.21. The normalized spacial score (nSPS) is 21.4. The maximum Gasteiger partial charge on any atom is 0.306 e. The van der Waals surface area contributed by atoms with E-state index < -0.39 is 33.5 Å². The number of benzene rings is 2. The van der Waals surface area contributed by atoms with Gasteiger partial charge in [-0.1, -0.05) is 47.5 Å². The summed E-state index contributed by atoms with van der Waals surface area (Å²) in [6.07, 6.45) is 5.89. The van der Waals surface area contributed by atoms with Gasteiger partial charge in [0, 0.05) is 73.4 Å². The molecule has 2 aromatic heterocycles. The standard InChI is InChI=1S/C32H29Cl2N7O6S/c1-32(15-20-2-4-21(5-3-20)22-16-35-19-36-17-22)30(44)40(25-13-23(33)12-24(34)14-25)31-37-18-27(41(31)32)48(45,46)39-10-8-38(9-11-39)29(43)26-6-7-28(42)47-26/h2-5,12-14,16-19,26H,6-11,15H2,1H3/t26?,32-/m1/s1. The average Bonchev–Trinajstić information content (AvgIpc) is 3.77. The molecule has 5 heterocycles. The lowest BCUT2D eigenvalue weighted by Gasteiger charge is -2.35.